The Balaban J connectivity index is 1.38. The molecule has 6 nitrogen and oxygen atoms in total. The lowest BCUT2D eigenvalue weighted by Crippen LogP contribution is -2.49. The van der Waals surface area contributed by atoms with E-state index < -0.39 is 11.6 Å². The summed E-state index contributed by atoms with van der Waals surface area (Å²) >= 11 is 0. The number of rotatable bonds is 6. The van der Waals surface area contributed by atoms with Crippen LogP contribution in [0, 0.1) is 18.6 Å². The van der Waals surface area contributed by atoms with Gasteiger partial charge in [-0.3, -0.25) is 4.79 Å². The molecule has 0 aliphatic carbocycles. The minimum Gasteiger partial charge on any atom is -0.492 e. The highest BCUT2D eigenvalue weighted by Crippen LogP contribution is 2.30. The smallest absolute Gasteiger partial charge is 0.270 e. The Labute approximate surface area is 202 Å². The Morgan fingerprint density at radius 2 is 1.77 bits per heavy atom. The monoisotopic (exact) mass is 479 g/mol. The first-order chi connectivity index (χ1) is 16.9. The first-order valence-corrected chi connectivity index (χ1v) is 11.7. The molecule has 2 aromatic carbocycles. The number of carbonyl (C=O) groups is 1. The van der Waals surface area contributed by atoms with Gasteiger partial charge in [-0.25, -0.2) is 8.78 Å². The second-order valence-electron chi connectivity index (χ2n) is 8.65. The van der Waals surface area contributed by atoms with Crippen LogP contribution in [-0.4, -0.2) is 48.2 Å². The third-order valence-corrected chi connectivity index (χ3v) is 6.33. The number of carbonyl (C=O) groups excluding carboxylic acids is 1. The van der Waals surface area contributed by atoms with Crippen molar-refractivity contribution in [3.05, 3.63) is 83.2 Å². The molecule has 0 spiro atoms. The molecule has 1 aliphatic heterocycles. The molecule has 4 aromatic rings. The molecule has 35 heavy (non-hydrogen) atoms. The largest absolute Gasteiger partial charge is 0.492 e. The van der Waals surface area contributed by atoms with Crippen molar-refractivity contribution in [3.63, 3.8) is 0 Å². The van der Waals surface area contributed by atoms with Crippen molar-refractivity contribution in [2.45, 2.75) is 20.4 Å². The molecule has 0 bridgehead atoms. The van der Waals surface area contributed by atoms with E-state index in [1.54, 1.807) is 6.07 Å². The summed E-state index contributed by atoms with van der Waals surface area (Å²) in [4.78, 5) is 17.6. The second-order valence-corrected chi connectivity index (χ2v) is 8.65. The number of anilines is 1. The van der Waals surface area contributed by atoms with Crippen LogP contribution >= 0.6 is 0 Å². The molecular weight excluding hydrogens is 452 g/mol. The van der Waals surface area contributed by atoms with Crippen LogP contribution in [0.15, 0.2) is 59.0 Å². The Kier molecular flexibility index (Phi) is 6.19. The van der Waals surface area contributed by atoms with Crippen molar-refractivity contribution < 1.29 is 22.7 Å². The van der Waals surface area contributed by atoms with Crippen molar-refractivity contribution in [1.29, 1.82) is 0 Å². The molecule has 182 valence electrons. The lowest BCUT2D eigenvalue weighted by atomic mass is 10.2. The summed E-state index contributed by atoms with van der Waals surface area (Å²) in [5, 5.41) is 0. The summed E-state index contributed by atoms with van der Waals surface area (Å²) in [7, 11) is 0. The molecule has 1 amide bonds. The number of nitrogens with zero attached hydrogens (tertiary/aromatic N) is 3. The first-order valence-electron chi connectivity index (χ1n) is 11.7. The number of aromatic nitrogens is 1. The zero-order valence-corrected chi connectivity index (χ0v) is 19.8. The van der Waals surface area contributed by atoms with Gasteiger partial charge in [-0.2, -0.15) is 0 Å². The molecule has 2 aromatic heterocycles. The van der Waals surface area contributed by atoms with Crippen molar-refractivity contribution in [2.75, 3.05) is 37.7 Å². The van der Waals surface area contributed by atoms with Crippen LogP contribution in [0.2, 0.25) is 0 Å². The maximum atomic E-state index is 13.8. The first kappa shape index (κ1) is 23.0. The summed E-state index contributed by atoms with van der Waals surface area (Å²) in [5.41, 5.74) is 3.40. The summed E-state index contributed by atoms with van der Waals surface area (Å²) in [6.45, 7) is 7.06. The normalized spacial score (nSPS) is 14.1. The van der Waals surface area contributed by atoms with E-state index in [9.17, 15) is 13.6 Å². The van der Waals surface area contributed by atoms with Gasteiger partial charge in [0.2, 0.25) is 0 Å². The van der Waals surface area contributed by atoms with E-state index in [4.69, 9.17) is 9.15 Å². The van der Waals surface area contributed by atoms with Crippen molar-refractivity contribution in [3.8, 4) is 5.75 Å². The van der Waals surface area contributed by atoms with Crippen LogP contribution in [0.25, 0.3) is 11.1 Å². The maximum absolute atomic E-state index is 13.8. The number of amides is 1. The lowest BCUT2D eigenvalue weighted by molar-refractivity contribution is 0.0736. The van der Waals surface area contributed by atoms with Gasteiger partial charge in [0.1, 0.15) is 17.2 Å². The van der Waals surface area contributed by atoms with Crippen LogP contribution in [0.1, 0.15) is 28.7 Å². The van der Waals surface area contributed by atoms with Gasteiger partial charge in [0.15, 0.2) is 17.2 Å². The minimum absolute atomic E-state index is 0.116. The van der Waals surface area contributed by atoms with Gasteiger partial charge in [0, 0.05) is 44.9 Å². The number of piperazine rings is 1. The van der Waals surface area contributed by atoms with Gasteiger partial charge in [0.25, 0.3) is 5.91 Å². The number of furan rings is 1. The van der Waals surface area contributed by atoms with E-state index in [-0.39, 0.29) is 12.5 Å². The van der Waals surface area contributed by atoms with Crippen molar-refractivity contribution in [1.82, 2.24) is 9.47 Å². The molecule has 0 atom stereocenters. The van der Waals surface area contributed by atoms with Gasteiger partial charge in [-0.05, 0) is 43.7 Å². The molecular formula is C27H27F2N3O3. The van der Waals surface area contributed by atoms with E-state index in [1.165, 1.54) is 6.07 Å². The zero-order chi connectivity index (χ0) is 24.5. The second kappa shape index (κ2) is 9.44. The number of benzene rings is 2. The fourth-order valence-electron chi connectivity index (χ4n) is 4.64. The van der Waals surface area contributed by atoms with E-state index in [0.29, 0.717) is 49.6 Å². The SMILES string of the molecule is CCOc1ccccc1N1CCN(C(=O)c2cc3oc(C)cc3n2Cc2ccc(F)c(F)c2)CC1. The molecule has 3 heterocycles. The number of hydrogen-bond donors (Lipinski definition) is 0. The summed E-state index contributed by atoms with van der Waals surface area (Å²) in [6, 6.07) is 15.3. The molecule has 0 N–H and O–H groups in total. The number of aryl methyl sites for hydroxylation is 1. The van der Waals surface area contributed by atoms with Crippen molar-refractivity contribution in [2.24, 2.45) is 0 Å². The Morgan fingerprint density at radius 3 is 2.51 bits per heavy atom. The Hall–Kier alpha value is -3.81. The third kappa shape index (κ3) is 4.48. The van der Waals surface area contributed by atoms with Crippen LogP contribution < -0.4 is 9.64 Å². The van der Waals surface area contributed by atoms with Crippen LogP contribution in [-0.2, 0) is 6.54 Å². The summed E-state index contributed by atoms with van der Waals surface area (Å²) in [6.07, 6.45) is 0. The predicted octanol–water partition coefficient (Wildman–Crippen LogP) is 5.23. The molecule has 0 unspecified atom stereocenters. The average Bonchev–Trinajstić information content (AvgIpc) is 3.38. The fraction of sp³-hybridized carbons (Fsp3) is 0.296. The van der Waals surface area contributed by atoms with E-state index in [2.05, 4.69) is 4.90 Å². The molecule has 1 saturated heterocycles. The van der Waals surface area contributed by atoms with Gasteiger partial charge >= 0.3 is 0 Å². The molecule has 0 radical (unpaired) electrons. The molecule has 0 saturated carbocycles. The zero-order valence-electron chi connectivity index (χ0n) is 19.8. The highest BCUT2D eigenvalue weighted by atomic mass is 19.2. The molecule has 8 heteroatoms. The maximum Gasteiger partial charge on any atom is 0.270 e. The van der Waals surface area contributed by atoms with Gasteiger partial charge in [-0.15, -0.1) is 0 Å². The minimum atomic E-state index is -0.911. The molecule has 5 rings (SSSR count). The van der Waals surface area contributed by atoms with E-state index >= 15 is 0 Å². The van der Waals surface area contributed by atoms with E-state index in [0.717, 1.165) is 34.8 Å². The Morgan fingerprint density at radius 1 is 1.00 bits per heavy atom. The highest BCUT2D eigenvalue weighted by molar-refractivity contribution is 5.98. The molecule has 1 fully saturated rings. The predicted molar refractivity (Wildman–Crippen MR) is 130 cm³/mol. The number of halogens is 2. The van der Waals surface area contributed by atoms with Gasteiger partial charge in [-0.1, -0.05) is 18.2 Å². The number of fused-ring (bicyclic) bond motifs is 1. The third-order valence-electron chi connectivity index (χ3n) is 6.33. The number of ether oxygens (including phenoxy) is 1. The summed E-state index contributed by atoms with van der Waals surface area (Å²) in [5.74, 6) is -0.369. The highest BCUT2D eigenvalue weighted by Gasteiger charge is 2.27. The van der Waals surface area contributed by atoms with Crippen LogP contribution in [0.5, 0.6) is 5.75 Å². The quantitative estimate of drug-likeness (QED) is 0.380. The van der Waals surface area contributed by atoms with Crippen molar-refractivity contribution >= 4 is 22.7 Å². The topological polar surface area (TPSA) is 50.9 Å². The average molecular weight is 480 g/mol. The van der Waals surface area contributed by atoms with E-state index in [1.807, 2.05) is 53.6 Å². The van der Waals surface area contributed by atoms with Crippen LogP contribution in [0.3, 0.4) is 0 Å². The number of hydrogen-bond acceptors (Lipinski definition) is 4. The van der Waals surface area contributed by atoms with Crippen LogP contribution in [0.4, 0.5) is 14.5 Å². The fourth-order valence-corrected chi connectivity index (χ4v) is 4.64. The molecule has 1 aliphatic rings. The van der Waals surface area contributed by atoms with Gasteiger partial charge < -0.3 is 23.5 Å². The summed E-state index contributed by atoms with van der Waals surface area (Å²) < 4.78 is 40.6. The standard InChI is InChI=1S/C27H27F2N3O3/c1-3-34-25-7-5-4-6-22(25)30-10-12-31(13-11-30)27(33)24-16-26-23(14-18(2)35-26)32(24)17-19-8-9-20(28)21(29)15-19/h4-9,14-16H,3,10-13,17H2,1-2H3. The van der Waals surface area contributed by atoms with Gasteiger partial charge in [0.05, 0.1) is 17.8 Å². The number of para-hydroxylation sites is 2. The Bertz CT molecular complexity index is 1370. The lowest BCUT2D eigenvalue weighted by Gasteiger charge is -2.36.